The van der Waals surface area contributed by atoms with Gasteiger partial charge in [0.15, 0.2) is 0 Å². The summed E-state index contributed by atoms with van der Waals surface area (Å²) in [6.45, 7) is 2.31. The van der Waals surface area contributed by atoms with Crippen LogP contribution in [0.3, 0.4) is 0 Å². The normalized spacial score (nSPS) is 11.0. The Labute approximate surface area is 162 Å². The van der Waals surface area contributed by atoms with E-state index in [0.29, 0.717) is 21.5 Å². The van der Waals surface area contributed by atoms with Crippen LogP contribution in [0.15, 0.2) is 60.6 Å². The summed E-state index contributed by atoms with van der Waals surface area (Å²) in [7, 11) is 0. The van der Waals surface area contributed by atoms with Crippen LogP contribution >= 0.6 is 23.2 Å². The summed E-state index contributed by atoms with van der Waals surface area (Å²) in [4.78, 5) is 12.0. The lowest BCUT2D eigenvalue weighted by Gasteiger charge is -2.10. The maximum absolute atomic E-state index is 12.0. The van der Waals surface area contributed by atoms with Crippen LogP contribution in [0, 0.1) is 0 Å². The molecule has 0 atom stereocenters. The summed E-state index contributed by atoms with van der Waals surface area (Å²) in [5.41, 5.74) is 0. The first-order valence-corrected chi connectivity index (χ1v) is 8.65. The van der Waals surface area contributed by atoms with Crippen molar-refractivity contribution >= 4 is 29.2 Å². The lowest BCUT2D eigenvalue weighted by molar-refractivity contribution is -0.141. The highest BCUT2D eigenvalue weighted by Gasteiger charge is 2.14. The van der Waals surface area contributed by atoms with Gasteiger partial charge in [-0.3, -0.25) is 0 Å². The molecule has 0 saturated heterocycles. The van der Waals surface area contributed by atoms with Gasteiger partial charge < -0.3 is 18.9 Å². The van der Waals surface area contributed by atoms with E-state index in [1.807, 2.05) is 6.07 Å². The van der Waals surface area contributed by atoms with Crippen molar-refractivity contribution in [1.29, 1.82) is 0 Å². The Morgan fingerprint density at radius 3 is 2.58 bits per heavy atom. The smallest absolute Gasteiger partial charge is 0.377 e. The van der Waals surface area contributed by atoms with Gasteiger partial charge in [0.05, 0.1) is 11.6 Å². The molecule has 0 heterocycles. The highest BCUT2D eigenvalue weighted by Crippen LogP contribution is 2.27. The Morgan fingerprint density at radius 2 is 1.85 bits per heavy atom. The predicted molar refractivity (Wildman–Crippen MR) is 99.7 cm³/mol. The molecule has 7 heteroatoms. The lowest BCUT2D eigenvalue weighted by atomic mass is 10.3. The van der Waals surface area contributed by atoms with Crippen molar-refractivity contribution < 1.29 is 23.7 Å². The molecule has 0 aliphatic carbocycles. The van der Waals surface area contributed by atoms with Gasteiger partial charge in [-0.25, -0.2) is 4.79 Å². The van der Waals surface area contributed by atoms with Crippen molar-refractivity contribution in [3.05, 3.63) is 70.6 Å². The number of carbonyl (C=O) groups is 1. The Hall–Kier alpha value is -2.37. The van der Waals surface area contributed by atoms with Crippen LogP contribution in [0.25, 0.3) is 0 Å². The molecule has 26 heavy (non-hydrogen) atoms. The van der Waals surface area contributed by atoms with Gasteiger partial charge >= 0.3 is 5.97 Å². The summed E-state index contributed by atoms with van der Waals surface area (Å²) in [6, 6.07) is 13.8. The van der Waals surface area contributed by atoms with E-state index < -0.39 is 5.97 Å². The number of carbonyl (C=O) groups excluding carboxylic acids is 1. The third kappa shape index (κ3) is 6.50. The number of halogens is 2. The summed E-state index contributed by atoms with van der Waals surface area (Å²) in [6.07, 6.45) is 1.20. The molecule has 138 valence electrons. The average Bonchev–Trinajstić information content (AvgIpc) is 2.64. The van der Waals surface area contributed by atoms with Crippen LogP contribution in [-0.2, 0) is 14.3 Å². The maximum Gasteiger partial charge on any atom is 0.377 e. The molecule has 0 spiro atoms. The second-order valence-corrected chi connectivity index (χ2v) is 5.76. The lowest BCUT2D eigenvalue weighted by Crippen LogP contribution is -2.14. The SMILES string of the molecule is CCOC(=O)/C(=C\OCCOc1cc(Cl)ccc1Cl)Oc1ccccc1. The molecule has 2 aromatic carbocycles. The largest absolute Gasteiger partial charge is 0.493 e. The minimum atomic E-state index is -0.616. The van der Waals surface area contributed by atoms with E-state index in [1.165, 1.54) is 6.26 Å². The second-order valence-electron chi connectivity index (χ2n) is 4.91. The van der Waals surface area contributed by atoms with Crippen LogP contribution in [-0.4, -0.2) is 25.8 Å². The molecule has 0 aliphatic rings. The van der Waals surface area contributed by atoms with Crippen molar-refractivity contribution in [3.63, 3.8) is 0 Å². The number of rotatable bonds is 9. The van der Waals surface area contributed by atoms with Gasteiger partial charge in [0.2, 0.25) is 5.76 Å². The molecule has 2 rings (SSSR count). The van der Waals surface area contributed by atoms with Crippen LogP contribution in [0.5, 0.6) is 11.5 Å². The predicted octanol–water partition coefficient (Wildman–Crippen LogP) is 4.87. The van der Waals surface area contributed by atoms with Crippen molar-refractivity contribution in [2.24, 2.45) is 0 Å². The first kappa shape index (κ1) is 19.9. The van der Waals surface area contributed by atoms with Crippen molar-refractivity contribution in [2.45, 2.75) is 6.92 Å². The number of ether oxygens (including phenoxy) is 4. The third-order valence-corrected chi connectivity index (χ3v) is 3.54. The van der Waals surface area contributed by atoms with Crippen LogP contribution in [0.1, 0.15) is 6.92 Å². The number of hydrogen-bond donors (Lipinski definition) is 0. The van der Waals surface area contributed by atoms with E-state index in [0.717, 1.165) is 0 Å². The van der Waals surface area contributed by atoms with Crippen LogP contribution in [0.2, 0.25) is 10.0 Å². The summed E-state index contributed by atoms with van der Waals surface area (Å²) >= 11 is 11.9. The molecule has 0 amide bonds. The Balaban J connectivity index is 1.90. The Kier molecular flexibility index (Phi) is 8.12. The molecule has 0 bridgehead atoms. The number of hydrogen-bond acceptors (Lipinski definition) is 5. The Bertz CT molecular complexity index is 747. The van der Waals surface area contributed by atoms with Gasteiger partial charge in [0.25, 0.3) is 0 Å². The van der Waals surface area contributed by atoms with Crippen molar-refractivity contribution in [1.82, 2.24) is 0 Å². The monoisotopic (exact) mass is 396 g/mol. The fraction of sp³-hybridized carbons (Fsp3) is 0.211. The standard InChI is InChI=1S/C19H18Cl2O5/c1-2-24-19(22)18(26-15-6-4-3-5-7-15)13-23-10-11-25-17-12-14(20)8-9-16(17)21/h3-9,12-13H,2,10-11H2,1H3/b18-13+. The quantitative estimate of drug-likeness (QED) is 0.262. The maximum atomic E-state index is 12.0. The van der Waals surface area contributed by atoms with Gasteiger partial charge in [-0.05, 0) is 31.2 Å². The molecule has 0 unspecified atom stereocenters. The van der Waals surface area contributed by atoms with Gasteiger partial charge in [0.1, 0.15) is 31.0 Å². The zero-order valence-electron chi connectivity index (χ0n) is 14.1. The molecule has 2 aromatic rings. The van der Waals surface area contributed by atoms with Crippen LogP contribution < -0.4 is 9.47 Å². The molecule has 0 radical (unpaired) electrons. The zero-order valence-corrected chi connectivity index (χ0v) is 15.6. The highest BCUT2D eigenvalue weighted by atomic mass is 35.5. The number of esters is 1. The minimum Gasteiger partial charge on any atom is -0.493 e. The first-order valence-electron chi connectivity index (χ1n) is 7.89. The third-order valence-electron chi connectivity index (χ3n) is 2.99. The summed E-state index contributed by atoms with van der Waals surface area (Å²) in [5, 5.41) is 0.968. The van der Waals surface area contributed by atoms with Gasteiger partial charge in [-0.1, -0.05) is 41.4 Å². The second kappa shape index (κ2) is 10.6. The molecular weight excluding hydrogens is 379 g/mol. The van der Waals surface area contributed by atoms with Gasteiger partial charge in [0, 0.05) is 11.1 Å². The highest BCUT2D eigenvalue weighted by molar-refractivity contribution is 6.34. The molecular formula is C19H18Cl2O5. The van der Waals surface area contributed by atoms with Gasteiger partial charge in [-0.15, -0.1) is 0 Å². The average molecular weight is 397 g/mol. The van der Waals surface area contributed by atoms with E-state index in [-0.39, 0.29) is 25.6 Å². The van der Waals surface area contributed by atoms with E-state index in [2.05, 4.69) is 0 Å². The molecule has 0 N–H and O–H groups in total. The van der Waals surface area contributed by atoms with E-state index in [9.17, 15) is 4.79 Å². The van der Waals surface area contributed by atoms with E-state index >= 15 is 0 Å². The molecule has 0 fully saturated rings. The van der Waals surface area contributed by atoms with E-state index in [4.69, 9.17) is 42.1 Å². The van der Waals surface area contributed by atoms with Crippen molar-refractivity contribution in [2.75, 3.05) is 19.8 Å². The summed E-state index contributed by atoms with van der Waals surface area (Å²) in [5.74, 6) is 0.282. The topological polar surface area (TPSA) is 54.0 Å². The minimum absolute atomic E-state index is 0.0566. The fourth-order valence-electron chi connectivity index (χ4n) is 1.85. The zero-order chi connectivity index (χ0) is 18.8. The van der Waals surface area contributed by atoms with E-state index in [1.54, 1.807) is 49.4 Å². The number of benzene rings is 2. The molecule has 5 nitrogen and oxygen atoms in total. The van der Waals surface area contributed by atoms with Crippen LogP contribution in [0.4, 0.5) is 0 Å². The van der Waals surface area contributed by atoms with Crippen molar-refractivity contribution in [3.8, 4) is 11.5 Å². The summed E-state index contributed by atoms with van der Waals surface area (Å²) < 4.78 is 21.3. The first-order chi connectivity index (χ1) is 12.6. The Morgan fingerprint density at radius 1 is 1.08 bits per heavy atom. The fourth-order valence-corrected chi connectivity index (χ4v) is 2.19. The molecule has 0 aromatic heterocycles. The molecule has 0 aliphatic heterocycles. The molecule has 0 saturated carbocycles. The van der Waals surface area contributed by atoms with Gasteiger partial charge in [-0.2, -0.15) is 0 Å². The number of para-hydroxylation sites is 1.